The Bertz CT molecular complexity index is 735. The van der Waals surface area contributed by atoms with Crippen molar-refractivity contribution in [1.82, 2.24) is 9.97 Å². The minimum absolute atomic E-state index is 0.373. The fraction of sp³-hybridized carbons (Fsp3) is 0.200. The lowest BCUT2D eigenvalue weighted by molar-refractivity contribution is -0.136. The molecule has 20 heavy (non-hydrogen) atoms. The van der Waals surface area contributed by atoms with Gasteiger partial charge in [-0.2, -0.15) is 22.0 Å². The summed E-state index contributed by atoms with van der Waals surface area (Å²) in [4.78, 5) is 16.3. The molecule has 1 heterocycles. The quantitative estimate of drug-likeness (QED) is 0.636. The van der Waals surface area contributed by atoms with Crippen LogP contribution in [-0.4, -0.2) is 9.97 Å². The number of fused-ring (bicyclic) bond motifs is 1. The van der Waals surface area contributed by atoms with Crippen LogP contribution in [0.15, 0.2) is 16.9 Å². The predicted octanol–water partition coefficient (Wildman–Crippen LogP) is 3.88. The summed E-state index contributed by atoms with van der Waals surface area (Å²) in [5.74, 6) is -1.37. The average Bonchev–Trinajstić information content (AvgIpc) is 2.26. The second-order valence-corrected chi connectivity index (χ2v) is 4.67. The number of rotatable bonds is 1. The topological polar surface area (TPSA) is 45.8 Å². The Kier molecular flexibility index (Phi) is 3.42. The van der Waals surface area contributed by atoms with E-state index in [1.54, 1.807) is 4.98 Å². The molecule has 0 atom stereocenters. The van der Waals surface area contributed by atoms with Crippen LogP contribution in [0.4, 0.5) is 22.0 Å². The SMILES string of the molecule is O=c1[nH]c(C(F)(F)Cl)nc2c(C(F)(F)F)cc(Cl)cc12. The van der Waals surface area contributed by atoms with Crippen LogP contribution in [0.1, 0.15) is 11.4 Å². The molecule has 1 aromatic carbocycles. The van der Waals surface area contributed by atoms with Crippen molar-refractivity contribution < 1.29 is 22.0 Å². The molecule has 0 amide bonds. The van der Waals surface area contributed by atoms with Gasteiger partial charge in [0.1, 0.15) is 0 Å². The maximum absolute atomic E-state index is 12.9. The number of H-pyrrole nitrogens is 1. The summed E-state index contributed by atoms with van der Waals surface area (Å²) in [6, 6.07) is 1.39. The predicted molar refractivity (Wildman–Crippen MR) is 62.1 cm³/mol. The Morgan fingerprint density at radius 3 is 2.25 bits per heavy atom. The summed E-state index contributed by atoms with van der Waals surface area (Å²) in [7, 11) is 0. The largest absolute Gasteiger partial charge is 0.418 e. The van der Waals surface area contributed by atoms with E-state index in [1.165, 1.54) is 0 Å². The van der Waals surface area contributed by atoms with E-state index in [0.717, 1.165) is 6.07 Å². The van der Waals surface area contributed by atoms with Gasteiger partial charge < -0.3 is 4.98 Å². The highest BCUT2D eigenvalue weighted by Crippen LogP contribution is 2.36. The van der Waals surface area contributed by atoms with Gasteiger partial charge in [-0.05, 0) is 23.7 Å². The summed E-state index contributed by atoms with van der Waals surface area (Å²) in [6.07, 6.45) is -4.91. The van der Waals surface area contributed by atoms with Gasteiger partial charge in [0.25, 0.3) is 5.56 Å². The molecule has 0 radical (unpaired) electrons. The van der Waals surface area contributed by atoms with Gasteiger partial charge in [0.05, 0.1) is 16.5 Å². The third kappa shape index (κ3) is 2.71. The maximum Gasteiger partial charge on any atom is 0.418 e. The Hall–Kier alpha value is -1.41. The lowest BCUT2D eigenvalue weighted by Gasteiger charge is -2.12. The number of aromatic nitrogens is 2. The Morgan fingerprint density at radius 2 is 1.75 bits per heavy atom. The van der Waals surface area contributed by atoms with Crippen molar-refractivity contribution in [3.63, 3.8) is 0 Å². The zero-order valence-corrected chi connectivity index (χ0v) is 10.7. The first-order valence-electron chi connectivity index (χ1n) is 4.88. The Balaban J connectivity index is 2.94. The van der Waals surface area contributed by atoms with E-state index < -0.39 is 39.4 Å². The molecule has 2 rings (SSSR count). The van der Waals surface area contributed by atoms with Crippen molar-refractivity contribution in [2.45, 2.75) is 11.6 Å². The van der Waals surface area contributed by atoms with Crippen LogP contribution in [-0.2, 0) is 11.6 Å². The Morgan fingerprint density at radius 1 is 1.15 bits per heavy atom. The van der Waals surface area contributed by atoms with Gasteiger partial charge in [-0.3, -0.25) is 4.79 Å². The van der Waals surface area contributed by atoms with Gasteiger partial charge in [0, 0.05) is 5.02 Å². The number of alkyl halides is 6. The van der Waals surface area contributed by atoms with E-state index >= 15 is 0 Å². The summed E-state index contributed by atoms with van der Waals surface area (Å²) >= 11 is 10.1. The highest BCUT2D eigenvalue weighted by molar-refractivity contribution is 6.31. The minimum Gasteiger partial charge on any atom is -0.304 e. The van der Waals surface area contributed by atoms with Crippen molar-refractivity contribution in [1.29, 1.82) is 0 Å². The zero-order chi connectivity index (χ0) is 15.3. The van der Waals surface area contributed by atoms with E-state index in [4.69, 9.17) is 11.6 Å². The third-order valence-electron chi connectivity index (χ3n) is 2.35. The van der Waals surface area contributed by atoms with Crippen molar-refractivity contribution in [2.24, 2.45) is 0 Å². The molecule has 0 fully saturated rings. The molecule has 0 aliphatic heterocycles. The molecule has 2 aromatic rings. The average molecular weight is 333 g/mol. The van der Waals surface area contributed by atoms with Crippen LogP contribution in [0, 0.1) is 0 Å². The number of hydrogen-bond acceptors (Lipinski definition) is 2. The molecule has 0 aliphatic rings. The van der Waals surface area contributed by atoms with E-state index in [9.17, 15) is 26.7 Å². The first kappa shape index (κ1) is 15.0. The van der Waals surface area contributed by atoms with Gasteiger partial charge in [0.15, 0.2) is 5.82 Å². The zero-order valence-electron chi connectivity index (χ0n) is 9.16. The maximum atomic E-state index is 12.9. The Labute approximate surface area is 117 Å². The summed E-state index contributed by atoms with van der Waals surface area (Å²) in [6.45, 7) is 0. The number of aromatic amines is 1. The normalized spacial score (nSPS) is 12.9. The van der Waals surface area contributed by atoms with Crippen LogP contribution < -0.4 is 5.56 Å². The van der Waals surface area contributed by atoms with Crippen LogP contribution in [0.2, 0.25) is 5.02 Å². The lowest BCUT2D eigenvalue weighted by Crippen LogP contribution is -2.20. The van der Waals surface area contributed by atoms with Gasteiger partial charge in [0.2, 0.25) is 0 Å². The fourth-order valence-electron chi connectivity index (χ4n) is 1.56. The van der Waals surface area contributed by atoms with Gasteiger partial charge in [-0.25, -0.2) is 4.98 Å². The van der Waals surface area contributed by atoms with Crippen molar-refractivity contribution in [2.75, 3.05) is 0 Å². The number of benzene rings is 1. The van der Waals surface area contributed by atoms with Gasteiger partial charge >= 0.3 is 11.6 Å². The smallest absolute Gasteiger partial charge is 0.304 e. The molecular weight excluding hydrogens is 330 g/mol. The van der Waals surface area contributed by atoms with Gasteiger partial charge in [-0.1, -0.05) is 11.6 Å². The van der Waals surface area contributed by atoms with E-state index in [1.807, 2.05) is 0 Å². The number of hydrogen-bond donors (Lipinski definition) is 1. The molecule has 10 heteroatoms. The van der Waals surface area contributed by atoms with Crippen LogP contribution in [0.25, 0.3) is 10.9 Å². The van der Waals surface area contributed by atoms with Crippen LogP contribution in [0.3, 0.4) is 0 Å². The van der Waals surface area contributed by atoms with Crippen molar-refractivity contribution in [3.05, 3.63) is 38.9 Å². The second-order valence-electron chi connectivity index (χ2n) is 3.76. The lowest BCUT2D eigenvalue weighted by atomic mass is 10.1. The number of halogens is 7. The molecule has 1 N–H and O–H groups in total. The summed E-state index contributed by atoms with van der Waals surface area (Å²) < 4.78 is 64.3. The standard InChI is InChI=1S/C10H3Cl2F5N2O/c11-3-1-4-6(5(2-3)10(15,16)17)18-8(9(12,13)14)19-7(4)20/h1-2H,(H,18,19,20). The van der Waals surface area contributed by atoms with E-state index in [2.05, 4.69) is 16.6 Å². The molecule has 108 valence electrons. The molecule has 1 aromatic heterocycles. The fourth-order valence-corrected chi connectivity index (χ4v) is 1.87. The third-order valence-corrected chi connectivity index (χ3v) is 2.75. The first-order chi connectivity index (χ1) is 9.00. The summed E-state index contributed by atoms with van der Waals surface area (Å²) in [5.41, 5.74) is -3.53. The van der Waals surface area contributed by atoms with E-state index in [0.29, 0.717) is 6.07 Å². The molecule has 3 nitrogen and oxygen atoms in total. The molecule has 0 saturated carbocycles. The van der Waals surface area contributed by atoms with Crippen molar-refractivity contribution >= 4 is 34.1 Å². The molecule has 0 unspecified atom stereocenters. The monoisotopic (exact) mass is 332 g/mol. The number of nitrogens with zero attached hydrogens (tertiary/aromatic N) is 1. The van der Waals surface area contributed by atoms with Crippen molar-refractivity contribution in [3.8, 4) is 0 Å². The van der Waals surface area contributed by atoms with Crippen LogP contribution >= 0.6 is 23.2 Å². The highest BCUT2D eigenvalue weighted by atomic mass is 35.5. The first-order valence-corrected chi connectivity index (χ1v) is 5.63. The second kappa shape index (κ2) is 4.56. The molecular formula is C10H3Cl2F5N2O. The summed E-state index contributed by atoms with van der Waals surface area (Å²) in [5, 5.41) is -5.03. The molecule has 0 saturated heterocycles. The minimum atomic E-state index is -4.91. The van der Waals surface area contributed by atoms with Crippen LogP contribution in [0.5, 0.6) is 0 Å². The molecule has 0 bridgehead atoms. The molecule has 0 aliphatic carbocycles. The molecule has 0 spiro atoms. The van der Waals surface area contributed by atoms with E-state index in [-0.39, 0.29) is 5.02 Å². The number of nitrogens with one attached hydrogen (secondary N) is 1. The highest BCUT2D eigenvalue weighted by Gasteiger charge is 2.37. The van der Waals surface area contributed by atoms with Gasteiger partial charge in [-0.15, -0.1) is 0 Å².